The minimum atomic E-state index is -0.467. The van der Waals surface area contributed by atoms with Gasteiger partial charge in [-0.1, -0.05) is 12.5 Å². The normalized spacial score (nSPS) is 10.3. The highest BCUT2D eigenvalue weighted by molar-refractivity contribution is 5.67. The van der Waals surface area contributed by atoms with Crippen molar-refractivity contribution in [3.8, 4) is 0 Å². The van der Waals surface area contributed by atoms with Gasteiger partial charge in [0.05, 0.1) is 0 Å². The summed E-state index contributed by atoms with van der Waals surface area (Å²) in [7, 11) is 0. The number of halogens is 2. The van der Waals surface area contributed by atoms with E-state index in [1.165, 1.54) is 12.1 Å². The van der Waals surface area contributed by atoms with Crippen molar-refractivity contribution < 1.29 is 8.78 Å². The Morgan fingerprint density at radius 2 is 1.53 bits per heavy atom. The number of benzene rings is 1. The lowest BCUT2D eigenvalue weighted by molar-refractivity contribution is 0.573. The van der Waals surface area contributed by atoms with Crippen LogP contribution in [0.4, 0.5) is 8.78 Å². The van der Waals surface area contributed by atoms with E-state index in [2.05, 4.69) is 0 Å². The number of hydrogen-bond donors (Lipinski definition) is 0. The van der Waals surface area contributed by atoms with Crippen LogP contribution in [0.1, 0.15) is 38.8 Å². The fraction of sp³-hybridized carbons (Fsp3) is 0.385. The van der Waals surface area contributed by atoms with E-state index in [-0.39, 0.29) is 5.56 Å². The maximum absolute atomic E-state index is 13.6. The van der Waals surface area contributed by atoms with Gasteiger partial charge in [0.15, 0.2) is 0 Å². The van der Waals surface area contributed by atoms with Crippen molar-refractivity contribution in [2.45, 2.75) is 34.1 Å². The fourth-order valence-corrected chi connectivity index (χ4v) is 1.44. The second-order valence-electron chi connectivity index (χ2n) is 3.91. The highest BCUT2D eigenvalue weighted by Crippen LogP contribution is 2.25. The quantitative estimate of drug-likeness (QED) is 0.681. The van der Waals surface area contributed by atoms with E-state index in [9.17, 15) is 8.78 Å². The third kappa shape index (κ3) is 2.44. The Bertz CT molecular complexity index is 376. The SMILES string of the molecule is CCc1cc(F)c(C(C)=C(C)C)c(F)c1. The molecule has 0 saturated heterocycles. The third-order valence-corrected chi connectivity index (χ3v) is 2.64. The van der Waals surface area contributed by atoms with Crippen LogP contribution in [0.5, 0.6) is 0 Å². The van der Waals surface area contributed by atoms with Crippen LogP contribution >= 0.6 is 0 Å². The van der Waals surface area contributed by atoms with Crippen LogP contribution in [0.25, 0.3) is 5.57 Å². The standard InChI is InChI=1S/C13H16F2/c1-5-10-6-11(14)13(12(15)7-10)9(4)8(2)3/h6-7H,5H2,1-4H3. The van der Waals surface area contributed by atoms with Crippen molar-refractivity contribution in [3.05, 3.63) is 40.5 Å². The molecular formula is C13H16F2. The largest absolute Gasteiger partial charge is 0.206 e. The molecule has 0 amide bonds. The molecule has 0 N–H and O–H groups in total. The molecule has 0 radical (unpaired) electrons. The van der Waals surface area contributed by atoms with Gasteiger partial charge in [-0.3, -0.25) is 0 Å². The lowest BCUT2D eigenvalue weighted by Gasteiger charge is -2.09. The van der Waals surface area contributed by atoms with Gasteiger partial charge in [-0.15, -0.1) is 0 Å². The number of allylic oxidation sites excluding steroid dienone is 2. The van der Waals surface area contributed by atoms with Gasteiger partial charge in [-0.2, -0.15) is 0 Å². The first-order valence-electron chi connectivity index (χ1n) is 5.09. The zero-order chi connectivity index (χ0) is 11.6. The summed E-state index contributed by atoms with van der Waals surface area (Å²) in [5.74, 6) is -0.934. The predicted octanol–water partition coefficient (Wildman–Crippen LogP) is 4.34. The molecule has 0 aliphatic rings. The minimum Gasteiger partial charge on any atom is -0.206 e. The molecule has 0 aliphatic heterocycles. The molecule has 0 fully saturated rings. The monoisotopic (exact) mass is 210 g/mol. The van der Waals surface area contributed by atoms with Crippen LogP contribution < -0.4 is 0 Å². The lowest BCUT2D eigenvalue weighted by atomic mass is 9.99. The summed E-state index contributed by atoms with van der Waals surface area (Å²) in [6, 6.07) is 2.82. The zero-order valence-electron chi connectivity index (χ0n) is 9.62. The first-order valence-corrected chi connectivity index (χ1v) is 5.09. The maximum atomic E-state index is 13.6. The molecule has 2 heteroatoms. The lowest BCUT2D eigenvalue weighted by Crippen LogP contribution is -1.97. The van der Waals surface area contributed by atoms with Crippen molar-refractivity contribution in [2.75, 3.05) is 0 Å². The summed E-state index contributed by atoms with van der Waals surface area (Å²) in [5.41, 5.74) is 2.40. The first-order chi connectivity index (χ1) is 6.97. The van der Waals surface area contributed by atoms with E-state index in [0.29, 0.717) is 17.6 Å². The summed E-state index contributed by atoms with van der Waals surface area (Å²) in [6.45, 7) is 7.31. The molecule has 0 atom stereocenters. The number of rotatable bonds is 2. The minimum absolute atomic E-state index is 0.104. The van der Waals surface area contributed by atoms with Crippen LogP contribution in [0.2, 0.25) is 0 Å². The van der Waals surface area contributed by atoms with Gasteiger partial charge in [-0.05, 0) is 50.5 Å². The van der Waals surface area contributed by atoms with E-state index < -0.39 is 11.6 Å². The van der Waals surface area contributed by atoms with Gasteiger partial charge in [-0.25, -0.2) is 8.78 Å². The van der Waals surface area contributed by atoms with Crippen molar-refractivity contribution in [3.63, 3.8) is 0 Å². The summed E-state index contributed by atoms with van der Waals surface area (Å²) in [5, 5.41) is 0. The van der Waals surface area contributed by atoms with Gasteiger partial charge >= 0.3 is 0 Å². The Morgan fingerprint density at radius 3 is 1.87 bits per heavy atom. The molecule has 0 heterocycles. The Labute approximate surface area is 89.6 Å². The average molecular weight is 210 g/mol. The second-order valence-corrected chi connectivity index (χ2v) is 3.91. The first kappa shape index (κ1) is 11.9. The molecule has 1 aromatic carbocycles. The van der Waals surface area contributed by atoms with Crippen molar-refractivity contribution in [1.29, 1.82) is 0 Å². The average Bonchev–Trinajstić information content (AvgIpc) is 2.16. The molecule has 1 rings (SSSR count). The molecule has 0 aromatic heterocycles. The smallest absolute Gasteiger partial charge is 0.133 e. The van der Waals surface area contributed by atoms with E-state index in [1.807, 2.05) is 20.8 Å². The van der Waals surface area contributed by atoms with Crippen molar-refractivity contribution >= 4 is 5.57 Å². The van der Waals surface area contributed by atoms with Gasteiger partial charge in [0.25, 0.3) is 0 Å². The molecule has 0 bridgehead atoms. The van der Waals surface area contributed by atoms with Crippen LogP contribution in [0, 0.1) is 11.6 Å². The molecule has 0 spiro atoms. The van der Waals surface area contributed by atoms with Crippen molar-refractivity contribution in [1.82, 2.24) is 0 Å². The Morgan fingerprint density at radius 1 is 1.07 bits per heavy atom. The third-order valence-electron chi connectivity index (χ3n) is 2.64. The predicted molar refractivity (Wildman–Crippen MR) is 59.7 cm³/mol. The van der Waals surface area contributed by atoms with E-state index >= 15 is 0 Å². The Hall–Kier alpha value is -1.18. The van der Waals surface area contributed by atoms with E-state index in [4.69, 9.17) is 0 Å². The van der Waals surface area contributed by atoms with E-state index in [1.54, 1.807) is 6.92 Å². The zero-order valence-corrected chi connectivity index (χ0v) is 9.62. The summed E-state index contributed by atoms with van der Waals surface area (Å²) in [4.78, 5) is 0. The van der Waals surface area contributed by atoms with Crippen LogP contribution in [0.15, 0.2) is 17.7 Å². The number of hydrogen-bond acceptors (Lipinski definition) is 0. The molecule has 0 unspecified atom stereocenters. The molecule has 1 aromatic rings. The molecule has 0 nitrogen and oxygen atoms in total. The fourth-order valence-electron chi connectivity index (χ4n) is 1.44. The highest BCUT2D eigenvalue weighted by Gasteiger charge is 2.12. The van der Waals surface area contributed by atoms with Gasteiger partial charge in [0, 0.05) is 5.56 Å². The molecule has 0 aliphatic carbocycles. The second kappa shape index (κ2) is 4.56. The molecule has 0 saturated carbocycles. The number of aryl methyl sites for hydroxylation is 1. The van der Waals surface area contributed by atoms with Gasteiger partial charge < -0.3 is 0 Å². The maximum Gasteiger partial charge on any atom is 0.133 e. The Balaban J connectivity index is 3.39. The van der Waals surface area contributed by atoms with Gasteiger partial charge in [0.2, 0.25) is 0 Å². The van der Waals surface area contributed by atoms with E-state index in [0.717, 1.165) is 5.57 Å². The summed E-state index contributed by atoms with van der Waals surface area (Å²) in [6.07, 6.45) is 0.641. The topological polar surface area (TPSA) is 0 Å². The molecule has 82 valence electrons. The highest BCUT2D eigenvalue weighted by atomic mass is 19.1. The molecular weight excluding hydrogens is 194 g/mol. The van der Waals surface area contributed by atoms with Gasteiger partial charge in [0.1, 0.15) is 11.6 Å². The van der Waals surface area contributed by atoms with Crippen LogP contribution in [-0.4, -0.2) is 0 Å². The van der Waals surface area contributed by atoms with Crippen LogP contribution in [-0.2, 0) is 6.42 Å². The summed E-state index contributed by atoms with van der Waals surface area (Å²) >= 11 is 0. The van der Waals surface area contributed by atoms with Crippen molar-refractivity contribution in [2.24, 2.45) is 0 Å². The summed E-state index contributed by atoms with van der Waals surface area (Å²) < 4.78 is 27.3. The van der Waals surface area contributed by atoms with Crippen LogP contribution in [0.3, 0.4) is 0 Å². The Kier molecular flexibility index (Phi) is 3.61. The molecule has 15 heavy (non-hydrogen) atoms.